The number of nitrogens with one attached hydrogen (secondary N) is 1. The van der Waals surface area contributed by atoms with Crippen LogP contribution in [0.2, 0.25) is 0 Å². The highest BCUT2D eigenvalue weighted by molar-refractivity contribution is 5.75. The molecule has 0 aliphatic rings. The molecule has 0 saturated carbocycles. The Morgan fingerprint density at radius 3 is 2.82 bits per heavy atom. The summed E-state index contributed by atoms with van der Waals surface area (Å²) in [6, 6.07) is 4.42. The van der Waals surface area contributed by atoms with Crippen LogP contribution in [0.25, 0.3) is 0 Å². The molecule has 1 rings (SSSR count). The second-order valence-electron chi connectivity index (χ2n) is 4.02. The number of methoxy groups -OCH3 is 1. The minimum Gasteiger partial charge on any atom is -0.468 e. The van der Waals surface area contributed by atoms with Gasteiger partial charge < -0.3 is 10.1 Å². The largest absolute Gasteiger partial charge is 0.468 e. The van der Waals surface area contributed by atoms with Crippen LogP contribution in [-0.4, -0.2) is 25.7 Å². The van der Waals surface area contributed by atoms with Crippen LogP contribution < -0.4 is 5.32 Å². The third kappa shape index (κ3) is 4.15. The first kappa shape index (κ1) is 13.6. The quantitative estimate of drug-likeness (QED) is 0.797. The third-order valence-electron chi connectivity index (χ3n) is 2.70. The van der Waals surface area contributed by atoms with Gasteiger partial charge in [0, 0.05) is 0 Å². The molecule has 0 heterocycles. The van der Waals surface area contributed by atoms with Crippen molar-refractivity contribution >= 4 is 5.97 Å². The van der Waals surface area contributed by atoms with E-state index in [1.165, 1.54) is 19.2 Å². The molecule has 0 bridgehead atoms. The van der Waals surface area contributed by atoms with Crippen LogP contribution in [0.1, 0.15) is 18.1 Å². The highest BCUT2D eigenvalue weighted by Crippen LogP contribution is 2.10. The predicted octanol–water partition coefficient (Wildman–Crippen LogP) is 1.83. The Hall–Kier alpha value is -1.42. The minimum absolute atomic E-state index is 0.220. The summed E-state index contributed by atoms with van der Waals surface area (Å²) in [5, 5.41) is 3.06. The van der Waals surface area contributed by atoms with E-state index in [4.69, 9.17) is 0 Å². The van der Waals surface area contributed by atoms with Crippen molar-refractivity contribution in [3.63, 3.8) is 0 Å². The van der Waals surface area contributed by atoms with Gasteiger partial charge in [-0.3, -0.25) is 4.79 Å². The summed E-state index contributed by atoms with van der Waals surface area (Å²) in [6.07, 6.45) is 0.757. The lowest BCUT2D eigenvalue weighted by molar-refractivity contribution is -0.142. The number of rotatable bonds is 5. The molecule has 0 saturated heterocycles. The van der Waals surface area contributed by atoms with Gasteiger partial charge in [-0.25, -0.2) is 4.39 Å². The molecule has 1 N–H and O–H groups in total. The first-order valence-electron chi connectivity index (χ1n) is 5.61. The smallest absolute Gasteiger partial charge is 0.322 e. The van der Waals surface area contributed by atoms with Gasteiger partial charge in [-0.05, 0) is 50.1 Å². The number of hydrogen-bond donors (Lipinski definition) is 1. The fourth-order valence-electron chi connectivity index (χ4n) is 1.62. The van der Waals surface area contributed by atoms with Crippen molar-refractivity contribution in [1.82, 2.24) is 5.32 Å². The number of carbonyl (C=O) groups is 1. The average Bonchev–Trinajstić information content (AvgIpc) is 2.30. The van der Waals surface area contributed by atoms with Gasteiger partial charge in [-0.1, -0.05) is 6.07 Å². The molecule has 0 radical (unpaired) electrons. The zero-order valence-corrected chi connectivity index (χ0v) is 10.4. The van der Waals surface area contributed by atoms with Gasteiger partial charge in [0.25, 0.3) is 0 Å². The maximum Gasteiger partial charge on any atom is 0.322 e. The molecule has 0 amide bonds. The van der Waals surface area contributed by atoms with E-state index in [-0.39, 0.29) is 17.8 Å². The van der Waals surface area contributed by atoms with E-state index >= 15 is 0 Å². The van der Waals surface area contributed by atoms with Crippen LogP contribution in [0.5, 0.6) is 0 Å². The number of esters is 1. The maximum atomic E-state index is 12.9. The van der Waals surface area contributed by atoms with E-state index in [0.29, 0.717) is 6.54 Å². The Morgan fingerprint density at radius 1 is 1.53 bits per heavy atom. The summed E-state index contributed by atoms with van der Waals surface area (Å²) in [5.74, 6) is -0.497. The summed E-state index contributed by atoms with van der Waals surface area (Å²) in [6.45, 7) is 4.29. The summed E-state index contributed by atoms with van der Waals surface area (Å²) in [5.41, 5.74) is 2.01. The normalized spacial score (nSPS) is 12.2. The molecule has 0 fully saturated rings. The maximum absolute atomic E-state index is 12.9. The molecule has 0 aromatic heterocycles. The van der Waals surface area contributed by atoms with Crippen molar-refractivity contribution in [2.45, 2.75) is 26.3 Å². The predicted molar refractivity (Wildman–Crippen MR) is 64.3 cm³/mol. The summed E-state index contributed by atoms with van der Waals surface area (Å²) < 4.78 is 17.5. The second-order valence-corrected chi connectivity index (χ2v) is 4.02. The Bertz CT molecular complexity index is 393. The standard InChI is InChI=1S/C13H18FNO2/c1-9-8-12(14)5-4-11(9)6-7-15-10(2)13(16)17-3/h4-5,8,10,15H,6-7H2,1-3H3. The fraction of sp³-hybridized carbons (Fsp3) is 0.462. The first-order chi connectivity index (χ1) is 8.04. The highest BCUT2D eigenvalue weighted by atomic mass is 19.1. The minimum atomic E-state index is -0.319. The van der Waals surface area contributed by atoms with Gasteiger partial charge in [-0.15, -0.1) is 0 Å². The number of halogens is 1. The molecule has 3 nitrogen and oxygen atoms in total. The zero-order chi connectivity index (χ0) is 12.8. The Kier molecular flexibility index (Phi) is 5.10. The topological polar surface area (TPSA) is 38.3 Å². The van der Waals surface area contributed by atoms with Gasteiger partial charge in [-0.2, -0.15) is 0 Å². The van der Waals surface area contributed by atoms with Crippen LogP contribution in [0, 0.1) is 12.7 Å². The second kappa shape index (κ2) is 6.35. The van der Waals surface area contributed by atoms with E-state index in [1.807, 2.05) is 6.92 Å². The molecule has 0 aliphatic carbocycles. The summed E-state index contributed by atoms with van der Waals surface area (Å²) in [4.78, 5) is 11.1. The molecule has 4 heteroatoms. The van der Waals surface area contributed by atoms with E-state index in [2.05, 4.69) is 10.1 Å². The van der Waals surface area contributed by atoms with Crippen molar-refractivity contribution < 1.29 is 13.9 Å². The highest BCUT2D eigenvalue weighted by Gasteiger charge is 2.11. The monoisotopic (exact) mass is 239 g/mol. The summed E-state index contributed by atoms with van der Waals surface area (Å²) in [7, 11) is 1.37. The molecular weight excluding hydrogens is 221 g/mol. The van der Waals surface area contributed by atoms with E-state index < -0.39 is 0 Å². The van der Waals surface area contributed by atoms with Crippen LogP contribution in [0.3, 0.4) is 0 Å². The van der Waals surface area contributed by atoms with Crippen molar-refractivity contribution in [3.8, 4) is 0 Å². The average molecular weight is 239 g/mol. The van der Waals surface area contributed by atoms with Crippen LogP contribution in [-0.2, 0) is 16.0 Å². The fourth-order valence-corrected chi connectivity index (χ4v) is 1.62. The van der Waals surface area contributed by atoms with Crippen LogP contribution >= 0.6 is 0 Å². The van der Waals surface area contributed by atoms with E-state index in [0.717, 1.165) is 17.5 Å². The van der Waals surface area contributed by atoms with Gasteiger partial charge in [0.05, 0.1) is 7.11 Å². The molecular formula is C13H18FNO2. The lowest BCUT2D eigenvalue weighted by Crippen LogP contribution is -2.36. The number of carbonyl (C=O) groups excluding carboxylic acids is 1. The van der Waals surface area contributed by atoms with Crippen LogP contribution in [0.4, 0.5) is 4.39 Å². The molecule has 0 spiro atoms. The van der Waals surface area contributed by atoms with E-state index in [9.17, 15) is 9.18 Å². The first-order valence-corrected chi connectivity index (χ1v) is 5.61. The Morgan fingerprint density at radius 2 is 2.24 bits per heavy atom. The Labute approximate surface area is 101 Å². The third-order valence-corrected chi connectivity index (χ3v) is 2.70. The van der Waals surface area contributed by atoms with Gasteiger partial charge in [0.1, 0.15) is 11.9 Å². The van der Waals surface area contributed by atoms with Gasteiger partial charge in [0.2, 0.25) is 0 Å². The van der Waals surface area contributed by atoms with Crippen molar-refractivity contribution in [2.24, 2.45) is 0 Å². The number of aryl methyl sites for hydroxylation is 1. The summed E-state index contributed by atoms with van der Waals surface area (Å²) >= 11 is 0. The lowest BCUT2D eigenvalue weighted by Gasteiger charge is -2.12. The van der Waals surface area contributed by atoms with Gasteiger partial charge >= 0.3 is 5.97 Å². The van der Waals surface area contributed by atoms with E-state index in [1.54, 1.807) is 13.0 Å². The molecule has 94 valence electrons. The molecule has 17 heavy (non-hydrogen) atoms. The zero-order valence-electron chi connectivity index (χ0n) is 10.4. The van der Waals surface area contributed by atoms with Crippen molar-refractivity contribution in [3.05, 3.63) is 35.1 Å². The van der Waals surface area contributed by atoms with Crippen LogP contribution in [0.15, 0.2) is 18.2 Å². The number of hydrogen-bond acceptors (Lipinski definition) is 3. The molecule has 1 unspecified atom stereocenters. The lowest BCUT2D eigenvalue weighted by atomic mass is 10.1. The van der Waals surface area contributed by atoms with Crippen molar-refractivity contribution in [1.29, 1.82) is 0 Å². The molecule has 1 aromatic carbocycles. The SMILES string of the molecule is COC(=O)C(C)NCCc1ccc(F)cc1C. The number of benzene rings is 1. The van der Waals surface area contributed by atoms with Crippen molar-refractivity contribution in [2.75, 3.05) is 13.7 Å². The van der Waals surface area contributed by atoms with Gasteiger partial charge in [0.15, 0.2) is 0 Å². The Balaban J connectivity index is 2.43. The molecule has 0 aliphatic heterocycles. The number of ether oxygens (including phenoxy) is 1. The molecule has 1 atom stereocenters. The molecule has 1 aromatic rings.